The second-order valence-electron chi connectivity index (χ2n) is 3.96. The molecule has 0 bridgehead atoms. The summed E-state index contributed by atoms with van der Waals surface area (Å²) in [5, 5.41) is 1.12. The Morgan fingerprint density at radius 3 is 2.88 bits per heavy atom. The van der Waals surface area contributed by atoms with E-state index in [1.54, 1.807) is 6.07 Å². The topological polar surface area (TPSA) is 26.3 Å². The zero-order valence-electron chi connectivity index (χ0n) is 8.93. The van der Waals surface area contributed by atoms with Crippen molar-refractivity contribution < 1.29 is 9.53 Å². The predicted octanol–water partition coefficient (Wildman–Crippen LogP) is 3.27. The number of carbonyl (C=O) groups is 1. The molecule has 0 radical (unpaired) electrons. The molecule has 0 N–H and O–H groups in total. The van der Waals surface area contributed by atoms with Gasteiger partial charge in [0.1, 0.15) is 0 Å². The van der Waals surface area contributed by atoms with Crippen LogP contribution in [-0.4, -0.2) is 13.1 Å². The number of hydrogen-bond donors (Lipinski definition) is 0. The highest BCUT2D eigenvalue weighted by Gasteiger charge is 2.27. The van der Waals surface area contributed by atoms with Gasteiger partial charge in [0.05, 0.1) is 23.1 Å². The highest BCUT2D eigenvalue weighted by Crippen LogP contribution is 2.35. The number of hydrogen-bond acceptors (Lipinski definition) is 2. The Morgan fingerprint density at radius 2 is 2.19 bits per heavy atom. The summed E-state index contributed by atoms with van der Waals surface area (Å²) < 4.78 is 4.76. The van der Waals surface area contributed by atoms with Crippen LogP contribution in [0.2, 0.25) is 10.0 Å². The lowest BCUT2D eigenvalue weighted by Crippen LogP contribution is -2.24. The summed E-state index contributed by atoms with van der Waals surface area (Å²) in [7, 11) is 1.41. The van der Waals surface area contributed by atoms with Crippen molar-refractivity contribution >= 4 is 29.2 Å². The van der Waals surface area contributed by atoms with Crippen LogP contribution in [0.5, 0.6) is 0 Å². The molecular formula is C12H12Cl2O2. The summed E-state index contributed by atoms with van der Waals surface area (Å²) in [5.74, 6) is -0.254. The predicted molar refractivity (Wildman–Crippen MR) is 64.0 cm³/mol. The fourth-order valence-corrected chi connectivity index (χ4v) is 2.57. The number of aryl methyl sites for hydroxylation is 1. The van der Waals surface area contributed by atoms with Gasteiger partial charge in [-0.05, 0) is 36.5 Å². The van der Waals surface area contributed by atoms with E-state index in [-0.39, 0.29) is 11.9 Å². The smallest absolute Gasteiger partial charge is 0.309 e. The molecular weight excluding hydrogens is 247 g/mol. The van der Waals surface area contributed by atoms with E-state index in [1.807, 2.05) is 6.07 Å². The number of esters is 1. The molecule has 0 saturated carbocycles. The third-order valence-corrected chi connectivity index (χ3v) is 3.88. The summed E-state index contributed by atoms with van der Waals surface area (Å²) in [4.78, 5) is 11.5. The molecule has 1 atom stereocenters. The van der Waals surface area contributed by atoms with E-state index in [4.69, 9.17) is 27.9 Å². The van der Waals surface area contributed by atoms with E-state index in [0.29, 0.717) is 16.5 Å². The zero-order chi connectivity index (χ0) is 11.7. The van der Waals surface area contributed by atoms with Gasteiger partial charge in [-0.1, -0.05) is 29.3 Å². The Kier molecular flexibility index (Phi) is 3.41. The van der Waals surface area contributed by atoms with Gasteiger partial charge in [0.15, 0.2) is 0 Å². The Morgan fingerprint density at radius 1 is 1.44 bits per heavy atom. The first kappa shape index (κ1) is 11.7. The van der Waals surface area contributed by atoms with E-state index in [0.717, 1.165) is 18.4 Å². The number of ether oxygens (including phenoxy) is 1. The molecule has 0 aromatic heterocycles. The number of halogens is 2. The first-order valence-electron chi connectivity index (χ1n) is 5.17. The molecule has 0 spiro atoms. The van der Waals surface area contributed by atoms with Gasteiger partial charge >= 0.3 is 5.97 Å². The highest BCUT2D eigenvalue weighted by atomic mass is 35.5. The van der Waals surface area contributed by atoms with Crippen molar-refractivity contribution in [1.29, 1.82) is 0 Å². The normalized spacial score (nSPS) is 19.1. The third-order valence-electron chi connectivity index (χ3n) is 3.04. The van der Waals surface area contributed by atoms with Crippen molar-refractivity contribution in [3.05, 3.63) is 33.3 Å². The molecule has 16 heavy (non-hydrogen) atoms. The second kappa shape index (κ2) is 4.64. The van der Waals surface area contributed by atoms with Gasteiger partial charge in [0.25, 0.3) is 0 Å². The van der Waals surface area contributed by atoms with Crippen molar-refractivity contribution in [2.24, 2.45) is 5.92 Å². The first-order chi connectivity index (χ1) is 7.63. The van der Waals surface area contributed by atoms with Gasteiger partial charge < -0.3 is 4.74 Å². The molecule has 2 rings (SSSR count). The van der Waals surface area contributed by atoms with E-state index >= 15 is 0 Å². The Labute approximate surface area is 104 Å². The van der Waals surface area contributed by atoms with Crippen LogP contribution < -0.4 is 0 Å². The number of methoxy groups -OCH3 is 1. The summed E-state index contributed by atoms with van der Waals surface area (Å²) in [6.45, 7) is 0. The lowest BCUT2D eigenvalue weighted by molar-refractivity contribution is -0.145. The van der Waals surface area contributed by atoms with E-state index < -0.39 is 0 Å². The Bertz CT molecular complexity index is 429. The van der Waals surface area contributed by atoms with E-state index in [9.17, 15) is 4.79 Å². The fraction of sp³-hybridized carbons (Fsp3) is 0.417. The van der Waals surface area contributed by atoms with Crippen LogP contribution >= 0.6 is 23.2 Å². The largest absolute Gasteiger partial charge is 0.469 e. The highest BCUT2D eigenvalue weighted by molar-refractivity contribution is 6.42. The molecule has 86 valence electrons. The van der Waals surface area contributed by atoms with Crippen molar-refractivity contribution in [2.75, 3.05) is 7.11 Å². The van der Waals surface area contributed by atoms with Crippen LogP contribution in [0, 0.1) is 5.92 Å². The standard InChI is InChI=1S/C12H12Cl2O2/c1-16-12(15)8-3-2-7-4-5-10(13)11(14)9(7)6-8/h4-5,8H,2-3,6H2,1H3. The van der Waals surface area contributed by atoms with Crippen LogP contribution in [0.3, 0.4) is 0 Å². The van der Waals surface area contributed by atoms with Crippen LogP contribution in [0.1, 0.15) is 17.5 Å². The van der Waals surface area contributed by atoms with Gasteiger partial charge in [0.2, 0.25) is 0 Å². The third kappa shape index (κ3) is 2.04. The van der Waals surface area contributed by atoms with Gasteiger partial charge in [-0.15, -0.1) is 0 Å². The molecule has 1 aliphatic rings. The molecule has 2 nitrogen and oxygen atoms in total. The van der Waals surface area contributed by atoms with Gasteiger partial charge in [-0.25, -0.2) is 0 Å². The van der Waals surface area contributed by atoms with Crippen molar-refractivity contribution in [3.8, 4) is 0 Å². The molecule has 0 saturated heterocycles. The Balaban J connectivity index is 2.32. The minimum atomic E-state index is -0.165. The van der Waals surface area contributed by atoms with Crippen LogP contribution in [0.25, 0.3) is 0 Å². The zero-order valence-corrected chi connectivity index (χ0v) is 10.4. The van der Waals surface area contributed by atoms with E-state index in [1.165, 1.54) is 12.7 Å². The molecule has 4 heteroatoms. The average molecular weight is 259 g/mol. The summed E-state index contributed by atoms with van der Waals surface area (Å²) >= 11 is 12.1. The summed E-state index contributed by atoms with van der Waals surface area (Å²) in [6.07, 6.45) is 2.30. The average Bonchev–Trinajstić information content (AvgIpc) is 2.32. The summed E-state index contributed by atoms with van der Waals surface area (Å²) in [6, 6.07) is 3.79. The van der Waals surface area contributed by atoms with Crippen LogP contribution in [-0.2, 0) is 22.4 Å². The van der Waals surface area contributed by atoms with Crippen molar-refractivity contribution in [2.45, 2.75) is 19.3 Å². The van der Waals surface area contributed by atoms with Crippen LogP contribution in [0.4, 0.5) is 0 Å². The van der Waals surface area contributed by atoms with Gasteiger partial charge in [-0.3, -0.25) is 4.79 Å². The quantitative estimate of drug-likeness (QED) is 0.723. The lowest BCUT2D eigenvalue weighted by atomic mass is 9.84. The minimum absolute atomic E-state index is 0.0894. The summed E-state index contributed by atoms with van der Waals surface area (Å²) in [5.41, 5.74) is 2.19. The van der Waals surface area contributed by atoms with Crippen LogP contribution in [0.15, 0.2) is 12.1 Å². The maximum atomic E-state index is 11.5. The molecule has 0 fully saturated rings. The minimum Gasteiger partial charge on any atom is -0.469 e. The van der Waals surface area contributed by atoms with E-state index in [2.05, 4.69) is 0 Å². The molecule has 0 aliphatic heterocycles. The Hall–Kier alpha value is -0.730. The van der Waals surface area contributed by atoms with Crippen molar-refractivity contribution in [3.63, 3.8) is 0 Å². The molecule has 0 heterocycles. The van der Waals surface area contributed by atoms with Gasteiger partial charge in [0, 0.05) is 0 Å². The van der Waals surface area contributed by atoms with Crippen molar-refractivity contribution in [1.82, 2.24) is 0 Å². The maximum Gasteiger partial charge on any atom is 0.309 e. The molecule has 1 aromatic rings. The number of fused-ring (bicyclic) bond motifs is 1. The molecule has 0 amide bonds. The maximum absolute atomic E-state index is 11.5. The second-order valence-corrected chi connectivity index (χ2v) is 4.75. The number of carbonyl (C=O) groups excluding carboxylic acids is 1. The van der Waals surface area contributed by atoms with Gasteiger partial charge in [-0.2, -0.15) is 0 Å². The molecule has 1 aliphatic carbocycles. The molecule has 1 aromatic carbocycles. The number of rotatable bonds is 1. The SMILES string of the molecule is COC(=O)C1CCc2ccc(Cl)c(Cl)c2C1. The number of benzene rings is 1. The monoisotopic (exact) mass is 258 g/mol. The first-order valence-corrected chi connectivity index (χ1v) is 5.92. The molecule has 1 unspecified atom stereocenters. The fourth-order valence-electron chi connectivity index (χ4n) is 2.13. The lowest BCUT2D eigenvalue weighted by Gasteiger charge is -2.23.